The van der Waals surface area contributed by atoms with Crippen LogP contribution in [-0.2, 0) is 0 Å². The zero-order chi connectivity index (χ0) is 23.3. The normalized spacial score (nSPS) is 11.3. The summed E-state index contributed by atoms with van der Waals surface area (Å²) < 4.78 is 76.1. The van der Waals surface area contributed by atoms with Crippen LogP contribution in [0.15, 0.2) is 72.8 Å². The van der Waals surface area contributed by atoms with Gasteiger partial charge in [0.1, 0.15) is 11.6 Å². The van der Waals surface area contributed by atoms with Gasteiger partial charge in [0.2, 0.25) is 0 Å². The number of hydrogen-bond acceptors (Lipinski definition) is 1. The van der Waals surface area contributed by atoms with Crippen molar-refractivity contribution in [2.24, 2.45) is 0 Å². The second-order valence-electron chi connectivity index (χ2n) is 7.61. The summed E-state index contributed by atoms with van der Waals surface area (Å²) in [7, 11) is 1.52. The highest BCUT2D eigenvalue weighted by atomic mass is 19.2. The number of methoxy groups -OCH3 is 1. The molecule has 0 unspecified atom stereocenters. The summed E-state index contributed by atoms with van der Waals surface area (Å²) in [6.45, 7) is 0. The van der Waals surface area contributed by atoms with Crippen LogP contribution in [0.3, 0.4) is 0 Å². The first-order chi connectivity index (χ1) is 15.9. The predicted octanol–water partition coefficient (Wildman–Crippen LogP) is 8.03. The first-order valence-electron chi connectivity index (χ1n) is 10.0. The summed E-state index contributed by atoms with van der Waals surface area (Å²) in [5.74, 6) is -4.23. The van der Waals surface area contributed by atoms with E-state index in [1.54, 1.807) is 24.3 Å². The zero-order valence-electron chi connectivity index (χ0n) is 17.2. The molecule has 6 heteroatoms. The molecule has 0 radical (unpaired) electrons. The summed E-state index contributed by atoms with van der Waals surface area (Å²) >= 11 is 0. The lowest BCUT2D eigenvalue weighted by Crippen LogP contribution is -1.95. The van der Waals surface area contributed by atoms with Crippen LogP contribution in [0.1, 0.15) is 0 Å². The van der Waals surface area contributed by atoms with Crippen molar-refractivity contribution in [3.8, 4) is 28.0 Å². The molecule has 0 saturated heterocycles. The summed E-state index contributed by atoms with van der Waals surface area (Å²) in [4.78, 5) is 0. The molecule has 0 bridgehead atoms. The Bertz CT molecular complexity index is 1540. The quantitative estimate of drug-likeness (QED) is 0.200. The largest absolute Gasteiger partial charge is 0.497 e. The summed E-state index contributed by atoms with van der Waals surface area (Å²) in [5, 5.41) is 1.48. The van der Waals surface area contributed by atoms with Crippen molar-refractivity contribution in [1.29, 1.82) is 0 Å². The van der Waals surface area contributed by atoms with Crippen molar-refractivity contribution >= 4 is 21.5 Å². The van der Waals surface area contributed by atoms with Gasteiger partial charge in [-0.25, -0.2) is 22.0 Å². The zero-order valence-corrected chi connectivity index (χ0v) is 17.2. The van der Waals surface area contributed by atoms with Crippen LogP contribution >= 0.6 is 0 Å². The molecular formula is C27H15F5O. The molecule has 5 rings (SSSR count). The van der Waals surface area contributed by atoms with Crippen LogP contribution in [0.5, 0.6) is 5.75 Å². The number of hydrogen-bond donors (Lipinski definition) is 0. The van der Waals surface area contributed by atoms with Crippen LogP contribution in [-0.4, -0.2) is 7.11 Å². The number of rotatable bonds is 3. The second kappa shape index (κ2) is 7.89. The molecule has 0 amide bonds. The molecule has 5 aromatic carbocycles. The van der Waals surface area contributed by atoms with Gasteiger partial charge in [0.05, 0.1) is 7.11 Å². The van der Waals surface area contributed by atoms with E-state index in [2.05, 4.69) is 0 Å². The van der Waals surface area contributed by atoms with Gasteiger partial charge in [0.15, 0.2) is 23.3 Å². The van der Waals surface area contributed by atoms with Gasteiger partial charge in [0.25, 0.3) is 0 Å². The molecule has 0 N–H and O–H groups in total. The van der Waals surface area contributed by atoms with Gasteiger partial charge in [-0.2, -0.15) is 0 Å². The van der Waals surface area contributed by atoms with Crippen LogP contribution in [0, 0.1) is 29.1 Å². The highest BCUT2D eigenvalue weighted by molar-refractivity contribution is 6.21. The van der Waals surface area contributed by atoms with Crippen molar-refractivity contribution < 1.29 is 26.7 Å². The number of ether oxygens (including phenoxy) is 1. The van der Waals surface area contributed by atoms with E-state index in [0.29, 0.717) is 38.6 Å². The molecule has 0 aromatic heterocycles. The maximum absolute atomic E-state index is 14.4. The van der Waals surface area contributed by atoms with Gasteiger partial charge >= 0.3 is 0 Å². The van der Waals surface area contributed by atoms with E-state index in [4.69, 9.17) is 4.74 Å². The lowest BCUT2D eigenvalue weighted by Gasteiger charge is -2.18. The standard InChI is InChI=1S/C27H15F5O/c1-33-17-6-2-14(3-7-17)26-19-11-16(28)5-8-18(19)27(15-4-9-22(29)23(30)10-15)21-13-25(32)24(31)12-20(21)26/h2-13H,1H3. The lowest BCUT2D eigenvalue weighted by atomic mass is 9.85. The van der Waals surface area contributed by atoms with Gasteiger partial charge in [0, 0.05) is 0 Å². The van der Waals surface area contributed by atoms with Gasteiger partial charge < -0.3 is 4.74 Å². The third-order valence-electron chi connectivity index (χ3n) is 5.71. The summed E-state index contributed by atoms with van der Waals surface area (Å²) in [6.07, 6.45) is 0. The minimum absolute atomic E-state index is 0.253. The summed E-state index contributed by atoms with van der Waals surface area (Å²) in [6, 6.07) is 16.3. The average Bonchev–Trinajstić information content (AvgIpc) is 2.81. The van der Waals surface area contributed by atoms with Crippen LogP contribution in [0.2, 0.25) is 0 Å². The molecule has 5 aromatic rings. The Labute approximate surface area is 185 Å². The van der Waals surface area contributed by atoms with Crippen molar-refractivity contribution in [3.63, 3.8) is 0 Å². The Morgan fingerprint density at radius 3 is 1.64 bits per heavy atom. The lowest BCUT2D eigenvalue weighted by molar-refractivity contribution is 0.415. The fourth-order valence-electron chi connectivity index (χ4n) is 4.22. The topological polar surface area (TPSA) is 9.23 Å². The fraction of sp³-hybridized carbons (Fsp3) is 0.0370. The highest BCUT2D eigenvalue weighted by Crippen LogP contribution is 2.44. The number of halogens is 5. The second-order valence-corrected chi connectivity index (χ2v) is 7.61. The highest BCUT2D eigenvalue weighted by Gasteiger charge is 2.20. The molecular weight excluding hydrogens is 435 g/mol. The molecule has 0 heterocycles. The van der Waals surface area contributed by atoms with E-state index in [1.165, 1.54) is 31.4 Å². The van der Waals surface area contributed by atoms with Gasteiger partial charge in [-0.05, 0) is 92.3 Å². The Kier molecular flexibility index (Phi) is 5.01. The van der Waals surface area contributed by atoms with E-state index in [9.17, 15) is 22.0 Å². The molecule has 0 fully saturated rings. The minimum atomic E-state index is -1.09. The van der Waals surface area contributed by atoms with Crippen molar-refractivity contribution in [2.45, 2.75) is 0 Å². The maximum Gasteiger partial charge on any atom is 0.159 e. The van der Waals surface area contributed by atoms with E-state index in [0.717, 1.165) is 24.3 Å². The molecule has 0 saturated carbocycles. The first kappa shape index (κ1) is 20.9. The van der Waals surface area contributed by atoms with E-state index in [1.807, 2.05) is 0 Å². The molecule has 33 heavy (non-hydrogen) atoms. The summed E-state index contributed by atoms with van der Waals surface area (Å²) in [5.41, 5.74) is 1.70. The molecule has 0 spiro atoms. The number of fused-ring (bicyclic) bond motifs is 2. The minimum Gasteiger partial charge on any atom is -0.497 e. The SMILES string of the molecule is COc1ccc(-c2c3cc(F)ccc3c(-c3ccc(F)c(F)c3)c3cc(F)c(F)cc23)cc1. The third kappa shape index (κ3) is 3.48. The Morgan fingerprint density at radius 1 is 0.485 bits per heavy atom. The number of benzene rings is 5. The third-order valence-corrected chi connectivity index (χ3v) is 5.71. The first-order valence-corrected chi connectivity index (χ1v) is 10.0. The van der Waals surface area contributed by atoms with E-state index in [-0.39, 0.29) is 10.9 Å². The van der Waals surface area contributed by atoms with E-state index < -0.39 is 29.1 Å². The monoisotopic (exact) mass is 450 g/mol. The molecule has 164 valence electrons. The van der Waals surface area contributed by atoms with E-state index >= 15 is 0 Å². The van der Waals surface area contributed by atoms with Crippen LogP contribution in [0.4, 0.5) is 22.0 Å². The molecule has 0 atom stereocenters. The Hall–Kier alpha value is -3.93. The maximum atomic E-state index is 14.4. The van der Waals surface area contributed by atoms with Crippen molar-refractivity contribution in [2.75, 3.05) is 7.11 Å². The Balaban J connectivity index is 1.99. The Morgan fingerprint density at radius 2 is 1.03 bits per heavy atom. The smallest absolute Gasteiger partial charge is 0.159 e. The van der Waals surface area contributed by atoms with Gasteiger partial charge in [-0.3, -0.25) is 0 Å². The molecule has 0 aliphatic carbocycles. The van der Waals surface area contributed by atoms with Crippen molar-refractivity contribution in [3.05, 3.63) is 102 Å². The van der Waals surface area contributed by atoms with Gasteiger partial charge in [-0.1, -0.05) is 24.3 Å². The molecule has 0 aliphatic rings. The van der Waals surface area contributed by atoms with Crippen LogP contribution in [0.25, 0.3) is 43.8 Å². The molecule has 1 nitrogen and oxygen atoms in total. The van der Waals surface area contributed by atoms with Crippen LogP contribution < -0.4 is 4.74 Å². The van der Waals surface area contributed by atoms with Gasteiger partial charge in [-0.15, -0.1) is 0 Å². The average molecular weight is 450 g/mol. The fourth-order valence-corrected chi connectivity index (χ4v) is 4.22. The molecule has 0 aliphatic heterocycles. The predicted molar refractivity (Wildman–Crippen MR) is 119 cm³/mol. The van der Waals surface area contributed by atoms with Crippen molar-refractivity contribution in [1.82, 2.24) is 0 Å².